The van der Waals surface area contributed by atoms with E-state index in [9.17, 15) is 9.36 Å². The summed E-state index contributed by atoms with van der Waals surface area (Å²) >= 11 is 0. The molecule has 5 heteroatoms. The third-order valence-electron chi connectivity index (χ3n) is 0.946. The number of nitrogens with two attached hydrogens (primary N) is 1. The molecule has 4 nitrogen and oxygen atoms in total. The summed E-state index contributed by atoms with van der Waals surface area (Å²) in [5, 5.41) is -1.41. The van der Waals surface area contributed by atoms with E-state index in [1.807, 2.05) is 0 Å². The highest BCUT2D eigenvalue weighted by Gasteiger charge is 2.31. The van der Waals surface area contributed by atoms with Crippen LogP contribution in [0.4, 0.5) is 0 Å². The lowest BCUT2D eigenvalue weighted by Gasteiger charge is -2.16. The molecule has 0 rings (SSSR count). The van der Waals surface area contributed by atoms with Crippen LogP contribution in [0.3, 0.4) is 0 Å². The summed E-state index contributed by atoms with van der Waals surface area (Å²) in [5.74, 6) is -0.649. The van der Waals surface area contributed by atoms with E-state index in [0.717, 1.165) is 0 Å². The van der Waals surface area contributed by atoms with Gasteiger partial charge in [0, 0.05) is 0 Å². The van der Waals surface area contributed by atoms with Crippen molar-refractivity contribution in [1.82, 2.24) is 0 Å². The fourth-order valence-corrected chi connectivity index (χ4v) is 0.498. The van der Waals surface area contributed by atoms with Crippen molar-refractivity contribution in [2.75, 3.05) is 0 Å². The molecule has 0 aromatic heterocycles. The van der Waals surface area contributed by atoms with Crippen LogP contribution >= 0.6 is 8.46 Å². The smallest absolute Gasteiger partial charge is 0.338 e. The molecule has 0 aromatic carbocycles. The first kappa shape index (κ1) is 10.5. The van der Waals surface area contributed by atoms with Crippen molar-refractivity contribution in [1.29, 1.82) is 0 Å². The SMILES string of the molecule is CC(C)OC(=O)C(C)(N)P=O. The molecule has 0 spiro atoms. The minimum absolute atomic E-state index is 0.230. The quantitative estimate of drug-likeness (QED) is 0.513. The minimum Gasteiger partial charge on any atom is -0.461 e. The molecule has 0 aromatic rings. The maximum atomic E-state index is 11.0. The Morgan fingerprint density at radius 3 is 2.36 bits per heavy atom. The third kappa shape index (κ3) is 3.44. The van der Waals surface area contributed by atoms with E-state index in [2.05, 4.69) is 0 Å². The minimum atomic E-state index is -1.41. The Bertz CT molecular complexity index is 167. The van der Waals surface area contributed by atoms with Gasteiger partial charge in [-0.25, -0.2) is 4.79 Å². The molecule has 11 heavy (non-hydrogen) atoms. The van der Waals surface area contributed by atoms with Crippen LogP contribution in [-0.2, 0) is 14.1 Å². The van der Waals surface area contributed by atoms with E-state index >= 15 is 0 Å². The van der Waals surface area contributed by atoms with Gasteiger partial charge in [0.15, 0.2) is 13.7 Å². The molecule has 0 heterocycles. The van der Waals surface area contributed by atoms with Crippen LogP contribution in [0.1, 0.15) is 20.8 Å². The first-order chi connectivity index (χ1) is 4.90. The fraction of sp³-hybridized carbons (Fsp3) is 0.833. The molecule has 0 bridgehead atoms. The number of carbonyl (C=O) groups is 1. The van der Waals surface area contributed by atoms with Crippen molar-refractivity contribution in [3.8, 4) is 0 Å². The molecule has 1 unspecified atom stereocenters. The monoisotopic (exact) mass is 177 g/mol. The summed E-state index contributed by atoms with van der Waals surface area (Å²) in [7, 11) is -0.426. The standard InChI is InChI=1S/C6H12NO3P/c1-4(2)10-5(8)6(3,7)11-9/h4H,7H2,1-3H3. The van der Waals surface area contributed by atoms with Gasteiger partial charge in [-0.15, -0.1) is 0 Å². The van der Waals surface area contributed by atoms with Gasteiger partial charge >= 0.3 is 5.97 Å². The molecule has 0 saturated carbocycles. The second kappa shape index (κ2) is 3.79. The summed E-state index contributed by atoms with van der Waals surface area (Å²) in [6, 6.07) is 0. The lowest BCUT2D eigenvalue weighted by molar-refractivity contribution is -0.149. The van der Waals surface area contributed by atoms with Gasteiger partial charge in [-0.1, -0.05) is 0 Å². The average Bonchev–Trinajstić information content (AvgIpc) is 1.86. The van der Waals surface area contributed by atoms with Crippen molar-refractivity contribution in [3.63, 3.8) is 0 Å². The van der Waals surface area contributed by atoms with E-state index in [1.165, 1.54) is 6.92 Å². The van der Waals surface area contributed by atoms with Gasteiger partial charge in [0.2, 0.25) is 0 Å². The predicted octanol–water partition coefficient (Wildman–Crippen LogP) is 0.905. The molecule has 0 aliphatic heterocycles. The molecule has 2 N–H and O–H groups in total. The summed E-state index contributed by atoms with van der Waals surface area (Å²) in [4.78, 5) is 11.0. The maximum absolute atomic E-state index is 11.0. The number of hydrogen-bond donors (Lipinski definition) is 1. The number of rotatable bonds is 3. The maximum Gasteiger partial charge on any atom is 0.338 e. The molecule has 0 fully saturated rings. The van der Waals surface area contributed by atoms with Crippen molar-refractivity contribution in [2.45, 2.75) is 32.2 Å². The first-order valence-corrected chi connectivity index (χ1v) is 4.06. The second-order valence-corrected chi connectivity index (χ2v) is 3.80. The van der Waals surface area contributed by atoms with Crippen molar-refractivity contribution >= 4 is 14.4 Å². The Kier molecular flexibility index (Phi) is 3.63. The summed E-state index contributed by atoms with van der Waals surface area (Å²) in [6.07, 6.45) is -0.230. The molecule has 64 valence electrons. The largest absolute Gasteiger partial charge is 0.461 e. The molecule has 0 amide bonds. The van der Waals surface area contributed by atoms with Crippen LogP contribution in [-0.4, -0.2) is 17.4 Å². The first-order valence-electron chi connectivity index (χ1n) is 3.24. The molecular weight excluding hydrogens is 165 g/mol. The van der Waals surface area contributed by atoms with Gasteiger partial charge in [0.25, 0.3) is 0 Å². The summed E-state index contributed by atoms with van der Waals surface area (Å²) < 4.78 is 15.1. The van der Waals surface area contributed by atoms with Crippen LogP contribution < -0.4 is 5.73 Å². The van der Waals surface area contributed by atoms with E-state index in [4.69, 9.17) is 10.5 Å². The fourth-order valence-electron chi connectivity index (χ4n) is 0.371. The Labute approximate surface area is 67.3 Å². The Balaban J connectivity index is 4.13. The zero-order valence-corrected chi connectivity index (χ0v) is 7.72. The highest BCUT2D eigenvalue weighted by atomic mass is 31.1. The van der Waals surface area contributed by atoms with Crippen LogP contribution in [0.2, 0.25) is 0 Å². The zero-order chi connectivity index (χ0) is 9.07. The third-order valence-corrected chi connectivity index (χ3v) is 1.51. The van der Waals surface area contributed by atoms with Gasteiger partial charge in [-0.2, -0.15) is 0 Å². The Morgan fingerprint density at radius 1 is 1.64 bits per heavy atom. The molecule has 1 atom stereocenters. The van der Waals surface area contributed by atoms with Gasteiger partial charge in [0.05, 0.1) is 6.10 Å². The Morgan fingerprint density at radius 2 is 2.09 bits per heavy atom. The Hall–Kier alpha value is -0.470. The van der Waals surface area contributed by atoms with Crippen LogP contribution in [0, 0.1) is 0 Å². The molecule has 0 aliphatic carbocycles. The zero-order valence-electron chi connectivity index (χ0n) is 6.83. The van der Waals surface area contributed by atoms with Crippen molar-refractivity contribution < 1.29 is 14.1 Å². The van der Waals surface area contributed by atoms with Crippen LogP contribution in [0.25, 0.3) is 0 Å². The number of ether oxygens (including phenoxy) is 1. The highest BCUT2D eigenvalue weighted by molar-refractivity contribution is 7.27. The van der Waals surface area contributed by atoms with E-state index in [-0.39, 0.29) is 6.10 Å². The van der Waals surface area contributed by atoms with Crippen LogP contribution in [0.5, 0.6) is 0 Å². The second-order valence-electron chi connectivity index (χ2n) is 2.69. The van der Waals surface area contributed by atoms with Gasteiger partial charge in [-0.05, 0) is 20.8 Å². The van der Waals surface area contributed by atoms with Crippen molar-refractivity contribution in [2.24, 2.45) is 5.73 Å². The van der Waals surface area contributed by atoms with E-state index < -0.39 is 19.7 Å². The molecule has 0 radical (unpaired) electrons. The van der Waals surface area contributed by atoms with Gasteiger partial charge < -0.3 is 10.5 Å². The summed E-state index contributed by atoms with van der Waals surface area (Å²) in [6.45, 7) is 4.76. The molecular formula is C6H12NO3P. The number of hydrogen-bond acceptors (Lipinski definition) is 4. The van der Waals surface area contributed by atoms with E-state index in [1.54, 1.807) is 13.8 Å². The topological polar surface area (TPSA) is 69.4 Å². The van der Waals surface area contributed by atoms with Gasteiger partial charge in [0.1, 0.15) is 0 Å². The normalized spacial score (nSPS) is 16.5. The summed E-state index contributed by atoms with van der Waals surface area (Å²) in [5.41, 5.74) is 5.31. The lowest BCUT2D eigenvalue weighted by atomic mass is 10.3. The van der Waals surface area contributed by atoms with E-state index in [0.29, 0.717) is 0 Å². The molecule has 0 saturated heterocycles. The number of carbonyl (C=O) groups excluding carboxylic acids is 1. The van der Waals surface area contributed by atoms with Gasteiger partial charge in [-0.3, -0.25) is 4.57 Å². The predicted molar refractivity (Wildman–Crippen MR) is 41.4 cm³/mol. The average molecular weight is 177 g/mol. The van der Waals surface area contributed by atoms with Crippen LogP contribution in [0.15, 0.2) is 0 Å². The molecule has 0 aliphatic rings. The lowest BCUT2D eigenvalue weighted by Crippen LogP contribution is -2.41. The number of esters is 1. The van der Waals surface area contributed by atoms with Crippen molar-refractivity contribution in [3.05, 3.63) is 0 Å². The highest BCUT2D eigenvalue weighted by Crippen LogP contribution is 2.17.